The van der Waals surface area contributed by atoms with E-state index in [0.717, 1.165) is 40.7 Å². The van der Waals surface area contributed by atoms with Gasteiger partial charge in [0, 0.05) is 24.0 Å². The topological polar surface area (TPSA) is 99.7 Å². The van der Waals surface area contributed by atoms with Crippen LogP contribution in [-0.4, -0.2) is 66.6 Å². The largest absolute Gasteiger partial charge is 0.491 e. The Balaban J connectivity index is 1.63. The van der Waals surface area contributed by atoms with E-state index in [2.05, 4.69) is 15.5 Å². The van der Waals surface area contributed by atoms with E-state index >= 15 is 0 Å². The number of aromatic amines is 1. The van der Waals surface area contributed by atoms with Gasteiger partial charge in [-0.2, -0.15) is 5.10 Å². The van der Waals surface area contributed by atoms with E-state index in [0.29, 0.717) is 35.2 Å². The maximum Gasteiger partial charge on any atom is 0.266 e. The zero-order valence-electron chi connectivity index (χ0n) is 21.3. The summed E-state index contributed by atoms with van der Waals surface area (Å²) >= 11 is 1.40. The summed E-state index contributed by atoms with van der Waals surface area (Å²) in [5.41, 5.74) is 3.97. The molecule has 3 N–H and O–H groups in total. The maximum absolute atomic E-state index is 13.2. The number of rotatable bonds is 12. The van der Waals surface area contributed by atoms with Gasteiger partial charge in [-0.3, -0.25) is 9.89 Å². The van der Waals surface area contributed by atoms with Crippen LogP contribution in [0.2, 0.25) is 0 Å². The van der Waals surface area contributed by atoms with Crippen molar-refractivity contribution in [3.63, 3.8) is 0 Å². The second-order valence-corrected chi connectivity index (χ2v) is 9.58. The number of hydrogen-bond donors (Lipinski definition) is 3. The first-order chi connectivity index (χ1) is 18.0. The van der Waals surface area contributed by atoms with Crippen LogP contribution in [0, 0.1) is 6.92 Å². The number of anilines is 1. The molecule has 0 fully saturated rings. The molecular weight excluding hydrogens is 488 g/mol. The fourth-order valence-electron chi connectivity index (χ4n) is 4.02. The molecule has 4 aromatic rings. The zero-order valence-corrected chi connectivity index (χ0v) is 22.1. The molecule has 2 aromatic carbocycles. The van der Waals surface area contributed by atoms with Crippen LogP contribution in [0.3, 0.4) is 0 Å². The lowest BCUT2D eigenvalue weighted by atomic mass is 10.1. The maximum atomic E-state index is 13.2. The number of carbonyl (C=O) groups is 1. The van der Waals surface area contributed by atoms with Gasteiger partial charge in [0.2, 0.25) is 0 Å². The third-order valence-corrected chi connectivity index (χ3v) is 7.02. The van der Waals surface area contributed by atoms with Crippen LogP contribution in [0.1, 0.15) is 32.9 Å². The number of amides is 1. The van der Waals surface area contributed by atoms with Crippen LogP contribution in [0.4, 0.5) is 5.69 Å². The Kier molecular flexibility index (Phi) is 8.95. The van der Waals surface area contributed by atoms with Crippen LogP contribution >= 0.6 is 11.3 Å². The van der Waals surface area contributed by atoms with Crippen LogP contribution in [0.15, 0.2) is 47.8 Å². The molecule has 0 saturated heterocycles. The number of thiophene rings is 1. The molecule has 0 unspecified atom stereocenters. The lowest BCUT2D eigenvalue weighted by Gasteiger charge is -2.18. The second kappa shape index (κ2) is 12.5. The van der Waals surface area contributed by atoms with Crippen molar-refractivity contribution >= 4 is 46.0 Å². The molecular formula is C28H32N4O4S. The van der Waals surface area contributed by atoms with E-state index in [9.17, 15) is 4.79 Å². The Morgan fingerprint density at radius 2 is 2.03 bits per heavy atom. The van der Waals surface area contributed by atoms with Crippen molar-refractivity contribution in [3.8, 4) is 11.5 Å². The van der Waals surface area contributed by atoms with Crippen molar-refractivity contribution in [2.45, 2.75) is 13.3 Å². The van der Waals surface area contributed by atoms with Crippen molar-refractivity contribution in [1.82, 2.24) is 15.1 Å². The number of aromatic nitrogens is 2. The number of carbonyl (C=O) groups excluding carboxylic acids is 1. The highest BCUT2D eigenvalue weighted by molar-refractivity contribution is 7.12. The summed E-state index contributed by atoms with van der Waals surface area (Å²) in [5.74, 6) is 0.807. The highest BCUT2D eigenvalue weighted by Gasteiger charge is 2.19. The summed E-state index contributed by atoms with van der Waals surface area (Å²) in [6.07, 6.45) is 4.61. The van der Waals surface area contributed by atoms with Crippen molar-refractivity contribution in [2.75, 3.05) is 45.8 Å². The Labute approximate surface area is 220 Å². The number of aryl methyl sites for hydroxylation is 1. The number of aliphatic hydroxyl groups is 1. The van der Waals surface area contributed by atoms with E-state index < -0.39 is 0 Å². The smallest absolute Gasteiger partial charge is 0.266 e. The van der Waals surface area contributed by atoms with Crippen molar-refractivity contribution in [1.29, 1.82) is 0 Å². The van der Waals surface area contributed by atoms with Crippen LogP contribution in [-0.2, 0) is 0 Å². The second-order valence-electron chi connectivity index (χ2n) is 8.66. The first-order valence-electron chi connectivity index (χ1n) is 12.1. The average Bonchev–Trinajstić information content (AvgIpc) is 3.52. The molecule has 0 saturated carbocycles. The molecule has 0 atom stereocenters. The first-order valence-corrected chi connectivity index (χ1v) is 13.0. The zero-order chi connectivity index (χ0) is 26.2. The Morgan fingerprint density at radius 1 is 1.19 bits per heavy atom. The Hall–Kier alpha value is -3.66. The van der Waals surface area contributed by atoms with Gasteiger partial charge in [-0.05, 0) is 61.7 Å². The highest BCUT2D eigenvalue weighted by Crippen LogP contribution is 2.40. The van der Waals surface area contributed by atoms with Crippen LogP contribution in [0.25, 0.3) is 23.1 Å². The molecule has 0 bridgehead atoms. The number of H-pyrrole nitrogens is 1. The predicted octanol–water partition coefficient (Wildman–Crippen LogP) is 5.06. The molecule has 0 spiro atoms. The predicted molar refractivity (Wildman–Crippen MR) is 150 cm³/mol. The quantitative estimate of drug-likeness (QED) is 0.226. The first kappa shape index (κ1) is 26.4. The number of para-hydroxylation sites is 1. The molecule has 0 aliphatic heterocycles. The molecule has 194 valence electrons. The molecule has 2 heterocycles. The number of methoxy groups -OCH3 is 1. The minimum absolute atomic E-state index is 0.126. The lowest BCUT2D eigenvalue weighted by Crippen LogP contribution is -2.24. The molecule has 37 heavy (non-hydrogen) atoms. The molecule has 2 aromatic heterocycles. The van der Waals surface area contributed by atoms with Gasteiger partial charge in [0.1, 0.15) is 0 Å². The number of hydrogen-bond acceptors (Lipinski definition) is 7. The van der Waals surface area contributed by atoms with E-state index in [1.165, 1.54) is 11.3 Å². The molecule has 0 aliphatic carbocycles. The van der Waals surface area contributed by atoms with Gasteiger partial charge < -0.3 is 24.8 Å². The normalized spacial score (nSPS) is 11.5. The fraction of sp³-hybridized carbons (Fsp3) is 0.286. The van der Waals surface area contributed by atoms with E-state index in [-0.39, 0.29) is 12.5 Å². The molecule has 8 nitrogen and oxygen atoms in total. The van der Waals surface area contributed by atoms with Gasteiger partial charge in [-0.15, -0.1) is 11.3 Å². The van der Waals surface area contributed by atoms with Gasteiger partial charge in [-0.1, -0.05) is 24.3 Å². The standard InChI is InChI=1S/C28H32N4O4S/c1-19-13-18-37-27(19)28(34)29-25-20(9-11-23-21-7-4-5-8-22(21)30-31-23)10-12-24(26(25)35-3)36-17-6-14-32(2)15-16-33/h4-5,7-13,18,33H,6,14-17H2,1-3H3,(H,29,34)(H,30,31)/b11-9+. The summed E-state index contributed by atoms with van der Waals surface area (Å²) < 4.78 is 11.8. The van der Waals surface area contributed by atoms with Gasteiger partial charge in [-0.25, -0.2) is 0 Å². The molecule has 9 heteroatoms. The van der Waals surface area contributed by atoms with Crippen LogP contribution < -0.4 is 14.8 Å². The van der Waals surface area contributed by atoms with Crippen molar-refractivity contribution in [3.05, 3.63) is 69.5 Å². The van der Waals surface area contributed by atoms with Gasteiger partial charge >= 0.3 is 0 Å². The fourth-order valence-corrected chi connectivity index (χ4v) is 4.84. The molecule has 0 aliphatic rings. The minimum atomic E-state index is -0.201. The third-order valence-electron chi connectivity index (χ3n) is 6.01. The number of likely N-dealkylation sites (N-methyl/N-ethyl adjacent to an activating group) is 1. The Bertz CT molecular complexity index is 1380. The van der Waals surface area contributed by atoms with Gasteiger partial charge in [0.25, 0.3) is 5.91 Å². The van der Waals surface area contributed by atoms with E-state index in [4.69, 9.17) is 14.6 Å². The minimum Gasteiger partial charge on any atom is -0.491 e. The van der Waals surface area contributed by atoms with Gasteiger partial charge in [0.15, 0.2) is 11.5 Å². The highest BCUT2D eigenvalue weighted by atomic mass is 32.1. The van der Waals surface area contributed by atoms with Crippen LogP contribution in [0.5, 0.6) is 11.5 Å². The monoisotopic (exact) mass is 520 g/mol. The number of ether oxygens (including phenoxy) is 2. The van der Waals surface area contributed by atoms with E-state index in [1.807, 2.05) is 78.9 Å². The summed E-state index contributed by atoms with van der Waals surface area (Å²) in [4.78, 5) is 15.9. The lowest BCUT2D eigenvalue weighted by molar-refractivity contribution is 0.102. The molecule has 1 amide bonds. The van der Waals surface area contributed by atoms with E-state index in [1.54, 1.807) is 7.11 Å². The van der Waals surface area contributed by atoms with Crippen molar-refractivity contribution < 1.29 is 19.4 Å². The number of fused-ring (bicyclic) bond motifs is 1. The number of nitrogens with zero attached hydrogens (tertiary/aromatic N) is 2. The summed E-state index contributed by atoms with van der Waals surface area (Å²) in [6.45, 7) is 3.93. The summed E-state index contributed by atoms with van der Waals surface area (Å²) in [6, 6.07) is 13.6. The van der Waals surface area contributed by atoms with Gasteiger partial charge in [0.05, 0.1) is 42.1 Å². The SMILES string of the molecule is COc1c(OCCCN(C)CCO)ccc(/C=C/c2n[nH]c3ccccc23)c1NC(=O)c1sccc1C. The third kappa shape index (κ3) is 6.37. The number of benzene rings is 2. The summed E-state index contributed by atoms with van der Waals surface area (Å²) in [7, 11) is 3.53. The number of nitrogens with one attached hydrogen (secondary N) is 2. The van der Waals surface area contributed by atoms with Crippen molar-refractivity contribution in [2.24, 2.45) is 0 Å². The number of aliphatic hydroxyl groups excluding tert-OH is 1. The average molecular weight is 521 g/mol. The Morgan fingerprint density at radius 3 is 2.78 bits per heavy atom. The molecule has 4 rings (SSSR count). The summed E-state index contributed by atoms with van der Waals surface area (Å²) in [5, 5.41) is 22.5. The molecule has 0 radical (unpaired) electrons.